The van der Waals surface area contributed by atoms with Crippen LogP contribution in [0.4, 0.5) is 0 Å². The molecule has 0 saturated heterocycles. The van der Waals surface area contributed by atoms with Gasteiger partial charge in [0.05, 0.1) is 11.4 Å². The van der Waals surface area contributed by atoms with Gasteiger partial charge in [0.1, 0.15) is 5.82 Å². The molecule has 9 heteroatoms. The minimum absolute atomic E-state index is 0.0355. The number of aryl methyl sites for hydroxylation is 1. The van der Waals surface area contributed by atoms with E-state index in [0.717, 1.165) is 43.9 Å². The van der Waals surface area contributed by atoms with Crippen molar-refractivity contribution in [3.8, 4) is 0 Å². The number of hydrogen-bond acceptors (Lipinski definition) is 5. The van der Waals surface area contributed by atoms with Gasteiger partial charge in [-0.25, -0.2) is 13.1 Å². The molecule has 0 spiro atoms. The fourth-order valence-electron chi connectivity index (χ4n) is 2.99. The lowest BCUT2D eigenvalue weighted by atomic mass is 10.2. The molecule has 0 aliphatic carbocycles. The van der Waals surface area contributed by atoms with E-state index in [1.807, 2.05) is 0 Å². The number of benzene rings is 1. The molecular formula is C18H23N5O3S. The van der Waals surface area contributed by atoms with Crippen LogP contribution in [-0.2, 0) is 29.5 Å². The Kier molecular flexibility index (Phi) is 6.02. The number of amides is 1. The zero-order chi connectivity index (χ0) is 19.3. The second kappa shape index (κ2) is 8.45. The molecule has 2 heterocycles. The Morgan fingerprint density at radius 3 is 2.93 bits per heavy atom. The molecular weight excluding hydrogens is 366 g/mol. The van der Waals surface area contributed by atoms with Crippen LogP contribution in [0.5, 0.6) is 0 Å². The summed E-state index contributed by atoms with van der Waals surface area (Å²) in [5.41, 5.74) is 0.270. The first-order chi connectivity index (χ1) is 13.0. The highest BCUT2D eigenvalue weighted by Gasteiger charge is 2.17. The van der Waals surface area contributed by atoms with Gasteiger partial charge in [0.25, 0.3) is 5.91 Å². The number of sulfonamides is 1. The lowest BCUT2D eigenvalue weighted by Crippen LogP contribution is -2.26. The Morgan fingerprint density at radius 2 is 2.11 bits per heavy atom. The average molecular weight is 389 g/mol. The highest BCUT2D eigenvalue weighted by molar-refractivity contribution is 7.89. The molecule has 2 N–H and O–H groups in total. The number of carbonyl (C=O) groups is 1. The molecule has 3 rings (SSSR count). The molecule has 0 fully saturated rings. The van der Waals surface area contributed by atoms with Crippen LogP contribution in [-0.4, -0.2) is 35.6 Å². The van der Waals surface area contributed by atoms with Crippen LogP contribution in [0.25, 0.3) is 0 Å². The van der Waals surface area contributed by atoms with Gasteiger partial charge >= 0.3 is 0 Å². The molecule has 2 aromatic rings. The summed E-state index contributed by atoms with van der Waals surface area (Å²) in [5.74, 6) is 1.32. The summed E-state index contributed by atoms with van der Waals surface area (Å²) in [4.78, 5) is 12.5. The number of nitrogens with zero attached hydrogens (tertiary/aromatic N) is 3. The van der Waals surface area contributed by atoms with Crippen LogP contribution >= 0.6 is 0 Å². The molecule has 0 saturated carbocycles. The van der Waals surface area contributed by atoms with Crippen molar-refractivity contribution in [1.29, 1.82) is 0 Å². The molecule has 1 aromatic carbocycles. The van der Waals surface area contributed by atoms with Crippen molar-refractivity contribution in [2.45, 2.75) is 43.7 Å². The third-order valence-corrected chi connectivity index (χ3v) is 5.84. The number of nitrogens with one attached hydrogen (secondary N) is 2. The van der Waals surface area contributed by atoms with E-state index in [0.29, 0.717) is 0 Å². The SMILES string of the molecule is C=CCNS(=O)(=O)c1cccc(C(=O)NCc2nnc3n2CCCCC3)c1. The van der Waals surface area contributed by atoms with Crippen molar-refractivity contribution < 1.29 is 13.2 Å². The highest BCUT2D eigenvalue weighted by Crippen LogP contribution is 2.15. The number of aromatic nitrogens is 3. The summed E-state index contributed by atoms with van der Waals surface area (Å²) in [7, 11) is -3.68. The van der Waals surface area contributed by atoms with E-state index in [9.17, 15) is 13.2 Å². The second-order valence-electron chi connectivity index (χ2n) is 6.35. The van der Waals surface area contributed by atoms with E-state index in [2.05, 4.69) is 31.4 Å². The molecule has 1 aliphatic rings. The molecule has 0 atom stereocenters. The van der Waals surface area contributed by atoms with Crippen LogP contribution < -0.4 is 10.0 Å². The molecule has 1 aromatic heterocycles. The number of carbonyl (C=O) groups excluding carboxylic acids is 1. The Balaban J connectivity index is 1.69. The van der Waals surface area contributed by atoms with Crippen molar-refractivity contribution >= 4 is 15.9 Å². The largest absolute Gasteiger partial charge is 0.345 e. The minimum Gasteiger partial charge on any atom is -0.345 e. The predicted octanol–water partition coefficient (Wildman–Crippen LogP) is 1.40. The van der Waals surface area contributed by atoms with Gasteiger partial charge in [0.2, 0.25) is 10.0 Å². The van der Waals surface area contributed by atoms with Crippen LogP contribution in [0.1, 0.15) is 41.3 Å². The predicted molar refractivity (Wildman–Crippen MR) is 101 cm³/mol. The molecule has 27 heavy (non-hydrogen) atoms. The normalized spacial score (nSPS) is 14.2. The molecule has 8 nitrogen and oxygen atoms in total. The van der Waals surface area contributed by atoms with E-state index >= 15 is 0 Å². The third-order valence-electron chi connectivity index (χ3n) is 4.42. The van der Waals surface area contributed by atoms with Gasteiger partial charge in [0.15, 0.2) is 5.82 Å². The second-order valence-corrected chi connectivity index (χ2v) is 8.11. The molecule has 1 amide bonds. The van der Waals surface area contributed by atoms with E-state index in [4.69, 9.17) is 0 Å². The molecule has 144 valence electrons. The summed E-state index contributed by atoms with van der Waals surface area (Å²) in [6.07, 6.45) is 5.69. The van der Waals surface area contributed by atoms with E-state index in [1.54, 1.807) is 12.1 Å². The first kappa shape index (κ1) is 19.2. The maximum Gasteiger partial charge on any atom is 0.251 e. The van der Waals surface area contributed by atoms with E-state index in [-0.39, 0.29) is 29.5 Å². The fourth-order valence-corrected chi connectivity index (χ4v) is 4.04. The van der Waals surface area contributed by atoms with Crippen LogP contribution in [0.3, 0.4) is 0 Å². The lowest BCUT2D eigenvalue weighted by Gasteiger charge is -2.09. The Hall–Kier alpha value is -2.52. The van der Waals surface area contributed by atoms with Gasteiger partial charge < -0.3 is 9.88 Å². The van der Waals surface area contributed by atoms with Gasteiger partial charge in [-0.2, -0.15) is 0 Å². The topological polar surface area (TPSA) is 106 Å². The van der Waals surface area contributed by atoms with Crippen LogP contribution in [0.2, 0.25) is 0 Å². The first-order valence-electron chi connectivity index (χ1n) is 8.91. The minimum atomic E-state index is -3.68. The molecule has 0 unspecified atom stereocenters. The van der Waals surface area contributed by atoms with Gasteiger partial charge in [-0.15, -0.1) is 16.8 Å². The van der Waals surface area contributed by atoms with Crippen molar-refractivity contribution in [2.75, 3.05) is 6.54 Å². The van der Waals surface area contributed by atoms with Crippen LogP contribution in [0.15, 0.2) is 41.8 Å². The summed E-state index contributed by atoms with van der Waals surface area (Å²) in [5, 5.41) is 11.2. The monoisotopic (exact) mass is 389 g/mol. The van der Waals surface area contributed by atoms with Crippen LogP contribution in [0, 0.1) is 0 Å². The van der Waals surface area contributed by atoms with Gasteiger partial charge in [-0.3, -0.25) is 4.79 Å². The fraction of sp³-hybridized carbons (Fsp3) is 0.389. The van der Waals surface area contributed by atoms with E-state index in [1.165, 1.54) is 18.2 Å². The zero-order valence-electron chi connectivity index (χ0n) is 15.0. The lowest BCUT2D eigenvalue weighted by molar-refractivity contribution is 0.0949. The van der Waals surface area contributed by atoms with Crippen molar-refractivity contribution in [2.24, 2.45) is 0 Å². The number of fused-ring (bicyclic) bond motifs is 1. The van der Waals surface area contributed by atoms with Crippen molar-refractivity contribution in [3.63, 3.8) is 0 Å². The smallest absolute Gasteiger partial charge is 0.251 e. The summed E-state index contributed by atoms with van der Waals surface area (Å²) >= 11 is 0. The quantitative estimate of drug-likeness (QED) is 0.696. The highest BCUT2D eigenvalue weighted by atomic mass is 32.2. The summed E-state index contributed by atoms with van der Waals surface area (Å²) < 4.78 is 28.8. The Labute approximate surface area is 158 Å². The first-order valence-corrected chi connectivity index (χ1v) is 10.4. The van der Waals surface area contributed by atoms with Gasteiger partial charge in [-0.1, -0.05) is 18.6 Å². The van der Waals surface area contributed by atoms with E-state index < -0.39 is 10.0 Å². The molecule has 0 bridgehead atoms. The molecule has 1 aliphatic heterocycles. The Morgan fingerprint density at radius 1 is 1.26 bits per heavy atom. The Bertz CT molecular complexity index is 936. The van der Waals surface area contributed by atoms with Gasteiger partial charge in [0, 0.05) is 25.1 Å². The maximum absolute atomic E-state index is 12.5. The number of rotatable bonds is 7. The average Bonchev–Trinajstić information content (AvgIpc) is 2.90. The third kappa shape index (κ3) is 4.61. The summed E-state index contributed by atoms with van der Waals surface area (Å²) in [6.45, 7) is 4.71. The van der Waals surface area contributed by atoms with Crippen molar-refractivity contribution in [3.05, 3.63) is 54.1 Å². The van der Waals surface area contributed by atoms with Gasteiger partial charge in [-0.05, 0) is 31.0 Å². The standard InChI is InChI=1S/C18H23N5O3S/c1-2-10-20-27(25,26)15-8-6-7-14(12-15)18(24)19-13-17-22-21-16-9-4-3-5-11-23(16)17/h2,6-8,12,20H,1,3-5,9-11,13H2,(H,19,24). The number of hydrogen-bond donors (Lipinski definition) is 2. The molecule has 0 radical (unpaired) electrons. The maximum atomic E-state index is 12.5. The van der Waals surface area contributed by atoms with Crippen molar-refractivity contribution in [1.82, 2.24) is 24.8 Å². The zero-order valence-corrected chi connectivity index (χ0v) is 15.8. The summed E-state index contributed by atoms with van der Waals surface area (Å²) in [6, 6.07) is 5.92.